The minimum Gasteiger partial charge on any atom is -0.493 e. The van der Waals surface area contributed by atoms with Crippen LogP contribution >= 0.6 is 11.3 Å². The first-order valence-corrected chi connectivity index (χ1v) is 13.2. The van der Waals surface area contributed by atoms with Gasteiger partial charge in [-0.1, -0.05) is 50.2 Å². The molecule has 2 aliphatic rings. The third-order valence-corrected chi connectivity index (χ3v) is 8.27. The van der Waals surface area contributed by atoms with E-state index >= 15 is 0 Å². The Morgan fingerprint density at radius 2 is 2.00 bits per heavy atom. The summed E-state index contributed by atoms with van der Waals surface area (Å²) < 4.78 is 1.89. The average Bonchev–Trinajstić information content (AvgIpc) is 3.49. The summed E-state index contributed by atoms with van der Waals surface area (Å²) in [5, 5.41) is 25.8. The van der Waals surface area contributed by atoms with Crippen LogP contribution in [-0.4, -0.2) is 45.4 Å². The Morgan fingerprint density at radius 1 is 1.19 bits per heavy atom. The van der Waals surface area contributed by atoms with Gasteiger partial charge in [0, 0.05) is 18.0 Å². The number of likely N-dealkylation sites (tertiary alicyclic amines) is 1. The molecule has 3 aromatic rings. The number of aromatic hydroxyl groups is 1. The summed E-state index contributed by atoms with van der Waals surface area (Å²) in [5.74, 6) is -0.552. The molecule has 0 unspecified atom stereocenters. The Balaban J connectivity index is 1.33. The van der Waals surface area contributed by atoms with Gasteiger partial charge in [0.1, 0.15) is 0 Å². The van der Waals surface area contributed by atoms with E-state index in [1.165, 1.54) is 12.8 Å². The fourth-order valence-corrected chi connectivity index (χ4v) is 6.95. The summed E-state index contributed by atoms with van der Waals surface area (Å²) >= 11 is 1.55. The molecule has 1 aliphatic carbocycles. The van der Waals surface area contributed by atoms with Gasteiger partial charge < -0.3 is 9.94 Å². The van der Waals surface area contributed by atoms with Gasteiger partial charge in [0.05, 0.1) is 22.8 Å². The molecule has 190 valence electrons. The normalized spacial score (nSPS) is 24.1. The maximum Gasteiger partial charge on any atom is 0.304 e. The number of oxime groups is 1. The minimum absolute atomic E-state index is 0.0195. The molecule has 2 fully saturated rings. The number of rotatable bonds is 7. The maximum atomic E-state index is 12.3. The van der Waals surface area contributed by atoms with Crippen molar-refractivity contribution < 1.29 is 14.7 Å². The van der Waals surface area contributed by atoms with Crippen molar-refractivity contribution in [3.8, 4) is 5.88 Å². The highest BCUT2D eigenvalue weighted by Gasteiger charge is 2.49. The molecule has 1 aliphatic heterocycles. The lowest BCUT2D eigenvalue weighted by atomic mass is 9.65. The molecule has 0 spiro atoms. The molecule has 2 atom stereocenters. The lowest BCUT2D eigenvalue weighted by Crippen LogP contribution is -2.35. The van der Waals surface area contributed by atoms with Crippen molar-refractivity contribution in [2.45, 2.75) is 59.7 Å². The predicted molar refractivity (Wildman–Crippen MR) is 142 cm³/mol. The zero-order valence-corrected chi connectivity index (χ0v) is 22.1. The van der Waals surface area contributed by atoms with Crippen molar-refractivity contribution in [1.29, 1.82) is 0 Å². The Bertz CT molecular complexity index is 1330. The van der Waals surface area contributed by atoms with Crippen LogP contribution in [-0.2, 0) is 16.3 Å². The number of thiophene rings is 1. The molecule has 9 heteroatoms. The number of para-hydroxylation sites is 1. The number of benzene rings is 1. The average molecular weight is 508 g/mol. The van der Waals surface area contributed by atoms with Crippen LogP contribution in [0.3, 0.4) is 0 Å². The number of amides is 1. The van der Waals surface area contributed by atoms with E-state index in [-0.39, 0.29) is 12.5 Å². The molecule has 1 amide bonds. The predicted octanol–water partition coefficient (Wildman–Crippen LogP) is 6.32. The number of hydrogen-bond acceptors (Lipinski definition) is 7. The highest BCUT2D eigenvalue weighted by molar-refractivity contribution is 7.12. The molecule has 1 aromatic carbocycles. The summed E-state index contributed by atoms with van der Waals surface area (Å²) in [6.07, 6.45) is 3.55. The fraction of sp³-hybridized carbons (Fsp3) is 0.481. The topological polar surface area (TPSA) is 91.8 Å². The van der Waals surface area contributed by atoms with Crippen LogP contribution in [0.2, 0.25) is 0 Å². The van der Waals surface area contributed by atoms with Crippen LogP contribution in [0.25, 0.3) is 10.9 Å². The monoisotopic (exact) mass is 507 g/mol. The van der Waals surface area contributed by atoms with Gasteiger partial charge >= 0.3 is 5.91 Å². The summed E-state index contributed by atoms with van der Waals surface area (Å²) in [4.78, 5) is 20.9. The summed E-state index contributed by atoms with van der Waals surface area (Å²) in [6.45, 7) is 10.2. The number of carbonyl (C=O) groups is 1. The standard InChI is InChI=1S/C27H33N5O3S/c1-18(22-10-7-11-36-22)30-35-14-23(33)28-29-24-20-8-5-6-9-21(20)32(25(24)34)17-31-16-27(4)13-19(31)12-26(2,3)15-27/h5-11,19,34H,12-17H2,1-4H3/b29-28?,30-18-/t19-,27-/m0/s1. The number of aromatic nitrogens is 1. The van der Waals surface area contributed by atoms with Crippen molar-refractivity contribution in [2.24, 2.45) is 26.2 Å². The zero-order chi connectivity index (χ0) is 25.5. The van der Waals surface area contributed by atoms with E-state index in [1.807, 2.05) is 53.3 Å². The third-order valence-electron chi connectivity index (χ3n) is 7.29. The quantitative estimate of drug-likeness (QED) is 0.230. The van der Waals surface area contributed by atoms with Crippen LogP contribution < -0.4 is 0 Å². The smallest absolute Gasteiger partial charge is 0.304 e. The lowest BCUT2D eigenvalue weighted by Gasteiger charge is -2.40. The van der Waals surface area contributed by atoms with E-state index in [0.717, 1.165) is 28.7 Å². The van der Waals surface area contributed by atoms with Crippen molar-refractivity contribution in [3.05, 3.63) is 46.7 Å². The van der Waals surface area contributed by atoms with E-state index in [9.17, 15) is 9.90 Å². The second-order valence-corrected chi connectivity index (χ2v) is 12.2. The number of azo groups is 1. The molecule has 1 saturated carbocycles. The maximum absolute atomic E-state index is 12.3. The highest BCUT2D eigenvalue weighted by Crippen LogP contribution is 2.53. The van der Waals surface area contributed by atoms with Crippen molar-refractivity contribution >= 4 is 39.5 Å². The van der Waals surface area contributed by atoms with Gasteiger partial charge in [0.15, 0.2) is 12.3 Å². The van der Waals surface area contributed by atoms with Crippen LogP contribution in [0.1, 0.15) is 51.8 Å². The number of hydrogen-bond donors (Lipinski definition) is 1. The molecule has 36 heavy (non-hydrogen) atoms. The summed E-state index contributed by atoms with van der Waals surface area (Å²) in [7, 11) is 0. The van der Waals surface area contributed by atoms with Gasteiger partial charge in [-0.05, 0) is 54.5 Å². The molecular formula is C27H33N5O3S. The Labute approximate surface area is 215 Å². The van der Waals surface area contributed by atoms with E-state index in [1.54, 1.807) is 11.3 Å². The largest absolute Gasteiger partial charge is 0.493 e. The molecule has 3 heterocycles. The number of carbonyl (C=O) groups excluding carboxylic acids is 1. The van der Waals surface area contributed by atoms with E-state index in [4.69, 9.17) is 4.84 Å². The SMILES string of the molecule is C/C(=N/OCC(=O)N=Nc1c(O)n(CN2C[C@@]3(C)C[C@@H]2CC(C)(C)C3)c2ccccc12)c1cccs1. The molecular weight excluding hydrogens is 474 g/mol. The second kappa shape index (κ2) is 9.44. The Morgan fingerprint density at radius 3 is 2.78 bits per heavy atom. The minimum atomic E-state index is -0.572. The second-order valence-electron chi connectivity index (χ2n) is 11.2. The zero-order valence-electron chi connectivity index (χ0n) is 21.3. The van der Waals surface area contributed by atoms with Crippen LogP contribution in [0.15, 0.2) is 57.2 Å². The number of nitrogens with zero attached hydrogens (tertiary/aromatic N) is 5. The van der Waals surface area contributed by atoms with Gasteiger partial charge in [0.2, 0.25) is 5.88 Å². The fourth-order valence-electron chi connectivity index (χ4n) is 6.29. The molecule has 0 radical (unpaired) electrons. The molecule has 1 N–H and O–H groups in total. The first kappa shape index (κ1) is 24.6. The lowest BCUT2D eigenvalue weighted by molar-refractivity contribution is -0.122. The molecule has 1 saturated heterocycles. The van der Waals surface area contributed by atoms with Gasteiger partial charge in [-0.3, -0.25) is 14.3 Å². The van der Waals surface area contributed by atoms with E-state index in [0.29, 0.717) is 34.9 Å². The summed E-state index contributed by atoms with van der Waals surface area (Å²) in [6, 6.07) is 12.0. The first-order chi connectivity index (χ1) is 17.1. The van der Waals surface area contributed by atoms with Gasteiger partial charge in [-0.2, -0.15) is 0 Å². The van der Waals surface area contributed by atoms with Crippen molar-refractivity contribution in [2.75, 3.05) is 13.2 Å². The molecule has 2 aromatic heterocycles. The van der Waals surface area contributed by atoms with Crippen LogP contribution in [0.5, 0.6) is 5.88 Å². The van der Waals surface area contributed by atoms with Gasteiger partial charge in [-0.15, -0.1) is 21.6 Å². The highest BCUT2D eigenvalue weighted by atomic mass is 32.1. The third kappa shape index (κ3) is 4.95. The van der Waals surface area contributed by atoms with E-state index in [2.05, 4.69) is 41.1 Å². The number of fused-ring (bicyclic) bond motifs is 3. The van der Waals surface area contributed by atoms with Crippen molar-refractivity contribution in [1.82, 2.24) is 9.47 Å². The molecule has 5 rings (SSSR count). The Kier molecular flexibility index (Phi) is 6.46. The summed E-state index contributed by atoms with van der Waals surface area (Å²) in [5.41, 5.74) is 2.48. The Hall–Kier alpha value is -3.04. The molecule has 2 bridgehead atoms. The van der Waals surface area contributed by atoms with Crippen LogP contribution in [0.4, 0.5) is 5.69 Å². The van der Waals surface area contributed by atoms with E-state index < -0.39 is 5.91 Å². The van der Waals surface area contributed by atoms with Crippen molar-refractivity contribution in [3.63, 3.8) is 0 Å². The first-order valence-electron chi connectivity index (χ1n) is 12.3. The van der Waals surface area contributed by atoms with Gasteiger partial charge in [0.25, 0.3) is 0 Å². The molecule has 8 nitrogen and oxygen atoms in total. The van der Waals surface area contributed by atoms with Gasteiger partial charge in [-0.25, -0.2) is 0 Å². The van der Waals surface area contributed by atoms with Crippen LogP contribution in [0, 0.1) is 10.8 Å².